The molecule has 0 aromatic heterocycles. The smallest absolute Gasteiger partial charge is 0.335 e. The molecule has 0 aliphatic rings. The molecule has 0 saturated heterocycles. The SMILES string of the molecule is COCC(C)(C)c1cc(C(=O)O)cc(O)c1C(C)(C)COC. The Balaban J connectivity index is 3.64. The van der Waals surface area contributed by atoms with E-state index in [-0.39, 0.29) is 11.3 Å². The van der Waals surface area contributed by atoms with Gasteiger partial charge in [-0.25, -0.2) is 4.79 Å². The van der Waals surface area contributed by atoms with Gasteiger partial charge in [0.15, 0.2) is 0 Å². The average molecular weight is 310 g/mol. The zero-order chi connectivity index (χ0) is 17.1. The molecule has 1 rings (SSSR count). The fourth-order valence-corrected chi connectivity index (χ4v) is 2.87. The number of hydrogen-bond donors (Lipinski definition) is 2. The van der Waals surface area contributed by atoms with Gasteiger partial charge in [0.1, 0.15) is 5.75 Å². The lowest BCUT2D eigenvalue weighted by Crippen LogP contribution is -2.32. The number of methoxy groups -OCH3 is 2. The Bertz CT molecular complexity index is 546. The Kier molecular flexibility index (Phi) is 5.59. The Morgan fingerprint density at radius 3 is 2.00 bits per heavy atom. The molecule has 0 aliphatic heterocycles. The van der Waals surface area contributed by atoms with Crippen LogP contribution in [0, 0.1) is 0 Å². The van der Waals surface area contributed by atoms with Crippen LogP contribution in [0.15, 0.2) is 12.1 Å². The molecule has 0 amide bonds. The quantitative estimate of drug-likeness (QED) is 0.810. The Labute approximate surface area is 131 Å². The first-order chi connectivity index (χ1) is 10.1. The highest BCUT2D eigenvalue weighted by Crippen LogP contribution is 2.41. The standard InChI is InChI=1S/C17H26O5/c1-16(2,9-21-5)12-7-11(15(19)20)8-13(18)14(12)17(3,4)10-22-6/h7-8,18H,9-10H2,1-6H3,(H,19,20). The monoisotopic (exact) mass is 310 g/mol. The van der Waals surface area contributed by atoms with Gasteiger partial charge in [-0.2, -0.15) is 0 Å². The van der Waals surface area contributed by atoms with E-state index in [0.29, 0.717) is 18.8 Å². The number of aromatic carboxylic acids is 1. The molecule has 124 valence electrons. The van der Waals surface area contributed by atoms with E-state index in [0.717, 1.165) is 5.56 Å². The van der Waals surface area contributed by atoms with Gasteiger partial charge in [-0.15, -0.1) is 0 Å². The third-order valence-electron chi connectivity index (χ3n) is 3.78. The molecule has 0 unspecified atom stereocenters. The van der Waals surface area contributed by atoms with Crippen molar-refractivity contribution in [2.45, 2.75) is 38.5 Å². The molecule has 0 radical (unpaired) electrons. The summed E-state index contributed by atoms with van der Waals surface area (Å²) < 4.78 is 10.5. The van der Waals surface area contributed by atoms with Crippen molar-refractivity contribution in [3.63, 3.8) is 0 Å². The molecule has 1 aromatic carbocycles. The molecule has 0 spiro atoms. The number of carboxylic acid groups (broad SMARTS) is 1. The lowest BCUT2D eigenvalue weighted by atomic mass is 9.73. The highest BCUT2D eigenvalue weighted by molar-refractivity contribution is 5.89. The number of phenols is 1. The maximum atomic E-state index is 11.3. The number of rotatable bonds is 7. The Hall–Kier alpha value is -1.59. The van der Waals surface area contributed by atoms with E-state index >= 15 is 0 Å². The lowest BCUT2D eigenvalue weighted by Gasteiger charge is -2.34. The van der Waals surface area contributed by atoms with Crippen molar-refractivity contribution < 1.29 is 24.5 Å². The van der Waals surface area contributed by atoms with Gasteiger partial charge < -0.3 is 19.7 Å². The van der Waals surface area contributed by atoms with Crippen molar-refractivity contribution >= 4 is 5.97 Å². The summed E-state index contributed by atoms with van der Waals surface area (Å²) in [5.41, 5.74) is 0.609. The van der Waals surface area contributed by atoms with E-state index in [1.165, 1.54) is 6.07 Å². The van der Waals surface area contributed by atoms with Gasteiger partial charge in [0.05, 0.1) is 18.8 Å². The van der Waals surface area contributed by atoms with Crippen molar-refractivity contribution in [3.05, 3.63) is 28.8 Å². The van der Waals surface area contributed by atoms with Crippen molar-refractivity contribution in [2.75, 3.05) is 27.4 Å². The number of phenolic OH excluding ortho intramolecular Hbond substituents is 1. The van der Waals surface area contributed by atoms with Crippen LogP contribution >= 0.6 is 0 Å². The van der Waals surface area contributed by atoms with Crippen molar-refractivity contribution in [3.8, 4) is 5.75 Å². The second-order valence-corrected chi connectivity index (χ2v) is 6.86. The minimum atomic E-state index is -1.07. The van der Waals surface area contributed by atoms with E-state index in [1.807, 2.05) is 27.7 Å². The second kappa shape index (κ2) is 6.67. The molecule has 22 heavy (non-hydrogen) atoms. The summed E-state index contributed by atoms with van der Waals surface area (Å²) >= 11 is 0. The first kappa shape index (κ1) is 18.5. The molecular formula is C17H26O5. The fourth-order valence-electron chi connectivity index (χ4n) is 2.87. The van der Waals surface area contributed by atoms with Crippen LogP contribution in [0.5, 0.6) is 5.75 Å². The number of carboxylic acids is 1. The van der Waals surface area contributed by atoms with E-state index < -0.39 is 16.8 Å². The van der Waals surface area contributed by atoms with Crippen molar-refractivity contribution in [1.29, 1.82) is 0 Å². The van der Waals surface area contributed by atoms with Crippen molar-refractivity contribution in [1.82, 2.24) is 0 Å². The van der Waals surface area contributed by atoms with E-state index in [4.69, 9.17) is 9.47 Å². The third kappa shape index (κ3) is 3.78. The van der Waals surface area contributed by atoms with Crippen LogP contribution in [-0.4, -0.2) is 43.6 Å². The first-order valence-electron chi connectivity index (χ1n) is 7.16. The number of ether oxygens (including phenoxy) is 2. The van der Waals surface area contributed by atoms with Gasteiger partial charge in [0, 0.05) is 30.6 Å². The Morgan fingerprint density at radius 1 is 1.05 bits per heavy atom. The molecule has 0 saturated carbocycles. The van der Waals surface area contributed by atoms with Crippen LogP contribution in [0.4, 0.5) is 0 Å². The second-order valence-electron chi connectivity index (χ2n) is 6.86. The predicted molar refractivity (Wildman–Crippen MR) is 84.9 cm³/mol. The molecule has 1 aromatic rings. The maximum Gasteiger partial charge on any atom is 0.335 e. The van der Waals surface area contributed by atoms with E-state index in [9.17, 15) is 15.0 Å². The molecule has 0 heterocycles. The molecule has 2 N–H and O–H groups in total. The molecule has 5 heteroatoms. The summed E-state index contributed by atoms with van der Waals surface area (Å²) in [5, 5.41) is 19.7. The zero-order valence-electron chi connectivity index (χ0n) is 14.2. The predicted octanol–water partition coefficient (Wildman–Crippen LogP) is 2.94. The van der Waals surface area contributed by atoms with Gasteiger partial charge in [-0.05, 0) is 17.7 Å². The molecule has 5 nitrogen and oxygen atoms in total. The minimum absolute atomic E-state index is 0.0267. The Morgan fingerprint density at radius 2 is 1.55 bits per heavy atom. The zero-order valence-corrected chi connectivity index (χ0v) is 14.2. The number of carbonyl (C=O) groups is 1. The molecule has 0 aliphatic carbocycles. The molecule has 0 fully saturated rings. The molecule has 0 atom stereocenters. The van der Waals surface area contributed by atoms with Crippen molar-refractivity contribution in [2.24, 2.45) is 0 Å². The maximum absolute atomic E-state index is 11.3. The van der Waals surface area contributed by atoms with Crippen LogP contribution in [0.3, 0.4) is 0 Å². The van der Waals surface area contributed by atoms with E-state index in [1.54, 1.807) is 20.3 Å². The van der Waals surface area contributed by atoms with Crippen LogP contribution < -0.4 is 0 Å². The fraction of sp³-hybridized carbons (Fsp3) is 0.588. The molecular weight excluding hydrogens is 284 g/mol. The topological polar surface area (TPSA) is 76.0 Å². The summed E-state index contributed by atoms with van der Waals surface area (Å²) in [7, 11) is 3.20. The van der Waals surface area contributed by atoms with Gasteiger partial charge in [0.25, 0.3) is 0 Å². The number of aromatic hydroxyl groups is 1. The van der Waals surface area contributed by atoms with Crippen LogP contribution in [0.1, 0.15) is 49.2 Å². The minimum Gasteiger partial charge on any atom is -0.508 e. The largest absolute Gasteiger partial charge is 0.508 e. The average Bonchev–Trinajstić information content (AvgIpc) is 2.37. The highest BCUT2D eigenvalue weighted by atomic mass is 16.5. The summed E-state index contributed by atoms with van der Waals surface area (Å²) in [5.74, 6) is -1.10. The summed E-state index contributed by atoms with van der Waals surface area (Å²) in [6.07, 6.45) is 0. The van der Waals surface area contributed by atoms with Gasteiger partial charge in [0.2, 0.25) is 0 Å². The third-order valence-corrected chi connectivity index (χ3v) is 3.78. The normalized spacial score (nSPS) is 12.5. The van der Waals surface area contributed by atoms with Gasteiger partial charge in [-0.3, -0.25) is 0 Å². The van der Waals surface area contributed by atoms with Crippen LogP contribution in [0.2, 0.25) is 0 Å². The molecule has 0 bridgehead atoms. The summed E-state index contributed by atoms with van der Waals surface area (Å²) in [4.78, 5) is 11.3. The van der Waals surface area contributed by atoms with Gasteiger partial charge >= 0.3 is 5.97 Å². The van der Waals surface area contributed by atoms with Gasteiger partial charge in [-0.1, -0.05) is 27.7 Å². The van der Waals surface area contributed by atoms with E-state index in [2.05, 4.69) is 0 Å². The first-order valence-corrected chi connectivity index (χ1v) is 7.16. The summed E-state index contributed by atoms with van der Waals surface area (Å²) in [6, 6.07) is 2.91. The summed E-state index contributed by atoms with van der Waals surface area (Å²) in [6.45, 7) is 8.65. The number of benzene rings is 1. The van der Waals surface area contributed by atoms with Crippen LogP contribution in [0.25, 0.3) is 0 Å². The van der Waals surface area contributed by atoms with Crippen LogP contribution in [-0.2, 0) is 20.3 Å². The number of hydrogen-bond acceptors (Lipinski definition) is 4. The highest BCUT2D eigenvalue weighted by Gasteiger charge is 2.34. The lowest BCUT2D eigenvalue weighted by molar-refractivity contribution is 0.0695.